The zero-order valence-corrected chi connectivity index (χ0v) is 11.1. The Labute approximate surface area is 107 Å². The second-order valence-electron chi connectivity index (χ2n) is 3.49. The zero-order chi connectivity index (χ0) is 13.0. The second-order valence-corrected chi connectivity index (χ2v) is 4.35. The van der Waals surface area contributed by atoms with Gasteiger partial charge in [0.1, 0.15) is 0 Å². The van der Waals surface area contributed by atoms with Crippen LogP contribution in [0.4, 0.5) is 5.69 Å². The fourth-order valence-electron chi connectivity index (χ4n) is 1.51. The maximum atomic E-state index is 11.3. The van der Waals surface area contributed by atoms with E-state index in [0.717, 1.165) is 5.56 Å². The summed E-state index contributed by atoms with van der Waals surface area (Å²) in [4.78, 5) is 21.8. The highest BCUT2D eigenvalue weighted by atomic mass is 79.9. The van der Waals surface area contributed by atoms with Gasteiger partial charge in [0.15, 0.2) is 0 Å². The van der Waals surface area contributed by atoms with Crippen LogP contribution in [-0.2, 0) is 16.0 Å². The minimum Gasteiger partial charge on any atom is -0.466 e. The molecule has 5 nitrogen and oxygen atoms in total. The monoisotopic (exact) mass is 301 g/mol. The topological polar surface area (TPSA) is 69.4 Å². The van der Waals surface area contributed by atoms with Crippen LogP contribution in [0, 0.1) is 17.0 Å². The molecule has 1 rings (SSSR count). The van der Waals surface area contributed by atoms with Crippen molar-refractivity contribution in [2.75, 3.05) is 6.61 Å². The van der Waals surface area contributed by atoms with Crippen LogP contribution >= 0.6 is 15.9 Å². The largest absolute Gasteiger partial charge is 0.466 e. The minimum atomic E-state index is -0.502. The van der Waals surface area contributed by atoms with Gasteiger partial charge in [-0.25, -0.2) is 0 Å². The molecule has 0 unspecified atom stereocenters. The molecule has 0 heterocycles. The third-order valence-corrected chi connectivity index (χ3v) is 2.71. The fraction of sp³-hybridized carbons (Fsp3) is 0.364. The van der Waals surface area contributed by atoms with Gasteiger partial charge in [-0.1, -0.05) is 0 Å². The van der Waals surface area contributed by atoms with E-state index in [1.54, 1.807) is 19.1 Å². The van der Waals surface area contributed by atoms with Crippen molar-refractivity contribution < 1.29 is 14.5 Å². The number of benzene rings is 1. The first-order valence-electron chi connectivity index (χ1n) is 5.04. The van der Waals surface area contributed by atoms with E-state index in [1.165, 1.54) is 0 Å². The molecule has 1 aromatic rings. The summed E-state index contributed by atoms with van der Waals surface area (Å²) in [6.45, 7) is 3.77. The van der Waals surface area contributed by atoms with Gasteiger partial charge < -0.3 is 4.74 Å². The Balaban J connectivity index is 3.12. The van der Waals surface area contributed by atoms with Gasteiger partial charge in [-0.3, -0.25) is 14.9 Å². The van der Waals surface area contributed by atoms with E-state index in [2.05, 4.69) is 15.9 Å². The molecule has 0 saturated carbocycles. The van der Waals surface area contributed by atoms with Gasteiger partial charge in [0.05, 0.1) is 22.4 Å². The van der Waals surface area contributed by atoms with Crippen molar-refractivity contribution in [3.8, 4) is 0 Å². The van der Waals surface area contributed by atoms with Crippen molar-refractivity contribution in [3.05, 3.63) is 37.8 Å². The lowest BCUT2D eigenvalue weighted by Crippen LogP contribution is -2.09. The van der Waals surface area contributed by atoms with Gasteiger partial charge in [-0.05, 0) is 47.5 Å². The Kier molecular flexibility index (Phi) is 4.62. The number of nitro groups is 1. The molecule has 1 aromatic carbocycles. The van der Waals surface area contributed by atoms with E-state index in [9.17, 15) is 14.9 Å². The Morgan fingerprint density at radius 2 is 2.18 bits per heavy atom. The summed E-state index contributed by atoms with van der Waals surface area (Å²) in [5.74, 6) is -0.465. The number of esters is 1. The summed E-state index contributed by atoms with van der Waals surface area (Å²) >= 11 is 3.13. The molecular formula is C11H12BrNO4. The van der Waals surface area contributed by atoms with E-state index in [-0.39, 0.29) is 18.7 Å². The molecule has 0 spiro atoms. The highest BCUT2D eigenvalue weighted by Crippen LogP contribution is 2.30. The van der Waals surface area contributed by atoms with Gasteiger partial charge in [0, 0.05) is 5.56 Å². The summed E-state index contributed by atoms with van der Waals surface area (Å²) in [5.41, 5.74) is 1.13. The minimum absolute atomic E-state index is 0.0800. The molecule has 0 aliphatic rings. The number of hydrogen-bond acceptors (Lipinski definition) is 4. The van der Waals surface area contributed by atoms with Gasteiger partial charge in [-0.15, -0.1) is 0 Å². The van der Waals surface area contributed by atoms with Crippen molar-refractivity contribution in [2.45, 2.75) is 20.3 Å². The number of aryl methyl sites for hydroxylation is 1. The first-order valence-corrected chi connectivity index (χ1v) is 5.84. The van der Waals surface area contributed by atoms with Crippen molar-refractivity contribution in [2.24, 2.45) is 0 Å². The second kappa shape index (κ2) is 5.77. The molecule has 0 aromatic heterocycles. The van der Waals surface area contributed by atoms with Crippen LogP contribution in [0.25, 0.3) is 0 Å². The lowest BCUT2D eigenvalue weighted by atomic mass is 10.1. The van der Waals surface area contributed by atoms with Crippen LogP contribution in [0.3, 0.4) is 0 Å². The van der Waals surface area contributed by atoms with Crippen molar-refractivity contribution in [1.29, 1.82) is 0 Å². The molecular weight excluding hydrogens is 290 g/mol. The number of carbonyl (C=O) groups excluding carboxylic acids is 1. The van der Waals surface area contributed by atoms with Crippen LogP contribution in [0.1, 0.15) is 18.1 Å². The molecule has 0 saturated heterocycles. The molecule has 0 fully saturated rings. The lowest BCUT2D eigenvalue weighted by Gasteiger charge is -2.06. The van der Waals surface area contributed by atoms with E-state index >= 15 is 0 Å². The van der Waals surface area contributed by atoms with Crippen molar-refractivity contribution in [3.63, 3.8) is 0 Å². The highest BCUT2D eigenvalue weighted by molar-refractivity contribution is 9.10. The smallest absolute Gasteiger partial charge is 0.310 e. The maximum Gasteiger partial charge on any atom is 0.310 e. The molecule has 0 N–H and O–H groups in total. The Hall–Kier alpha value is -1.43. The van der Waals surface area contributed by atoms with Gasteiger partial charge >= 0.3 is 5.97 Å². The molecule has 92 valence electrons. The van der Waals surface area contributed by atoms with Crippen LogP contribution in [0.5, 0.6) is 0 Å². The van der Waals surface area contributed by atoms with Crippen LogP contribution in [-0.4, -0.2) is 17.5 Å². The van der Waals surface area contributed by atoms with Gasteiger partial charge in [-0.2, -0.15) is 0 Å². The fourth-order valence-corrected chi connectivity index (χ4v) is 2.27. The predicted octanol–water partition coefficient (Wildman–Crippen LogP) is 2.77. The van der Waals surface area contributed by atoms with E-state index in [4.69, 9.17) is 4.74 Å². The predicted molar refractivity (Wildman–Crippen MR) is 65.9 cm³/mol. The normalized spacial score (nSPS) is 10.1. The summed E-state index contributed by atoms with van der Waals surface area (Å²) < 4.78 is 5.16. The summed E-state index contributed by atoms with van der Waals surface area (Å²) in [6.07, 6.45) is -0.0928. The SMILES string of the molecule is CCOC(=O)Cc1cc(C)cc(Br)c1[N+](=O)[O-]. The molecule has 0 aliphatic carbocycles. The highest BCUT2D eigenvalue weighted by Gasteiger charge is 2.21. The third kappa shape index (κ3) is 3.52. The summed E-state index contributed by atoms with van der Waals surface area (Å²) in [7, 11) is 0. The number of ether oxygens (including phenoxy) is 1. The number of carbonyl (C=O) groups is 1. The molecule has 0 radical (unpaired) electrons. The number of rotatable bonds is 4. The average molecular weight is 302 g/mol. The van der Waals surface area contributed by atoms with Crippen molar-refractivity contribution in [1.82, 2.24) is 0 Å². The van der Waals surface area contributed by atoms with Crippen LogP contribution < -0.4 is 0 Å². The first-order chi connectivity index (χ1) is 7.95. The maximum absolute atomic E-state index is 11.3. The number of nitro benzene ring substituents is 1. The average Bonchev–Trinajstić information content (AvgIpc) is 2.15. The Morgan fingerprint density at radius 1 is 1.53 bits per heavy atom. The van der Waals surface area contributed by atoms with Crippen LogP contribution in [0.15, 0.2) is 16.6 Å². The number of halogens is 1. The Morgan fingerprint density at radius 3 is 2.71 bits per heavy atom. The first kappa shape index (κ1) is 13.6. The zero-order valence-electron chi connectivity index (χ0n) is 9.53. The number of nitrogens with zero attached hydrogens (tertiary/aromatic N) is 1. The third-order valence-electron chi connectivity index (χ3n) is 2.11. The molecule has 0 atom stereocenters. The molecule has 0 bridgehead atoms. The molecule has 0 aliphatic heterocycles. The van der Waals surface area contributed by atoms with Gasteiger partial charge in [0.25, 0.3) is 5.69 Å². The lowest BCUT2D eigenvalue weighted by molar-refractivity contribution is -0.386. The van der Waals surface area contributed by atoms with E-state index in [1.807, 2.05) is 6.92 Å². The van der Waals surface area contributed by atoms with Crippen LogP contribution in [0.2, 0.25) is 0 Å². The molecule has 6 heteroatoms. The summed E-state index contributed by atoms with van der Waals surface area (Å²) in [6, 6.07) is 3.27. The van der Waals surface area contributed by atoms with Gasteiger partial charge in [0.2, 0.25) is 0 Å². The van der Waals surface area contributed by atoms with E-state index < -0.39 is 10.9 Å². The standard InChI is InChI=1S/C11H12BrNO4/c1-3-17-10(14)6-8-4-7(2)5-9(12)11(8)13(15)16/h4-5H,3,6H2,1-2H3. The quantitative estimate of drug-likeness (QED) is 0.487. The molecule has 0 amide bonds. The number of hydrogen-bond donors (Lipinski definition) is 0. The molecule has 17 heavy (non-hydrogen) atoms. The van der Waals surface area contributed by atoms with Crippen molar-refractivity contribution >= 4 is 27.6 Å². The summed E-state index contributed by atoms with van der Waals surface area (Å²) in [5, 5.41) is 10.9. The van der Waals surface area contributed by atoms with E-state index in [0.29, 0.717) is 10.0 Å². The Bertz CT molecular complexity index is 459.